The number of hydrogen-bond donors (Lipinski definition) is 0. The Morgan fingerprint density at radius 2 is 1.77 bits per heavy atom. The summed E-state index contributed by atoms with van der Waals surface area (Å²) in [6, 6.07) is 5.18. The van der Waals surface area contributed by atoms with Gasteiger partial charge in [0.1, 0.15) is 0 Å². The van der Waals surface area contributed by atoms with Gasteiger partial charge in [-0.2, -0.15) is 13.2 Å². The van der Waals surface area contributed by atoms with E-state index in [9.17, 15) is 13.2 Å². The zero-order valence-electron chi connectivity index (χ0n) is 17.9. The van der Waals surface area contributed by atoms with Crippen molar-refractivity contribution in [2.45, 2.75) is 63.7 Å². The Hall–Kier alpha value is -2.00. The quantitative estimate of drug-likeness (QED) is 0.667. The Morgan fingerprint density at radius 1 is 1.06 bits per heavy atom. The van der Waals surface area contributed by atoms with Crippen molar-refractivity contribution in [2.24, 2.45) is 5.41 Å². The molecule has 4 rings (SSSR count). The Bertz CT molecular complexity index is 840. The van der Waals surface area contributed by atoms with Crippen molar-refractivity contribution in [1.82, 2.24) is 25.1 Å². The van der Waals surface area contributed by atoms with Crippen molar-refractivity contribution in [3.8, 4) is 0 Å². The number of aromatic nitrogens is 4. The number of hydrogen-bond acceptors (Lipinski definition) is 5. The van der Waals surface area contributed by atoms with Gasteiger partial charge in [-0.1, -0.05) is 31.4 Å². The molecule has 2 fully saturated rings. The van der Waals surface area contributed by atoms with E-state index in [0.717, 1.165) is 37.2 Å². The molecule has 1 saturated carbocycles. The summed E-state index contributed by atoms with van der Waals surface area (Å²) in [5, 5.41) is 12.3. The first kappa shape index (κ1) is 22.2. The van der Waals surface area contributed by atoms with Crippen LogP contribution in [0.3, 0.4) is 0 Å². The number of methoxy groups -OCH3 is 1. The van der Waals surface area contributed by atoms with Crippen LogP contribution in [0.25, 0.3) is 0 Å². The molecule has 9 heteroatoms. The second kappa shape index (κ2) is 9.24. The van der Waals surface area contributed by atoms with Gasteiger partial charge >= 0.3 is 6.18 Å². The minimum Gasteiger partial charge on any atom is -0.383 e. The summed E-state index contributed by atoms with van der Waals surface area (Å²) in [6.07, 6.45) is 4.18. The lowest BCUT2D eigenvalue weighted by atomic mass is 9.69. The molecule has 31 heavy (non-hydrogen) atoms. The van der Waals surface area contributed by atoms with Crippen molar-refractivity contribution in [3.05, 3.63) is 41.2 Å². The van der Waals surface area contributed by atoms with Gasteiger partial charge in [-0.05, 0) is 65.8 Å². The zero-order valence-corrected chi connectivity index (χ0v) is 17.9. The van der Waals surface area contributed by atoms with Gasteiger partial charge in [0.05, 0.1) is 24.8 Å². The first-order valence-corrected chi connectivity index (χ1v) is 11.1. The first-order valence-electron chi connectivity index (χ1n) is 11.1. The molecule has 0 N–H and O–H groups in total. The minimum absolute atomic E-state index is 0.284. The van der Waals surface area contributed by atoms with E-state index in [1.807, 2.05) is 0 Å². The molecule has 170 valence electrons. The molecule has 6 nitrogen and oxygen atoms in total. The number of benzene rings is 1. The summed E-state index contributed by atoms with van der Waals surface area (Å²) in [4.78, 5) is 2.38. The standard InChI is InChI=1S/C22H30F3N5O/c1-31-15-14-30-20(26-27-28-30)19(17-6-8-18(9-7-17)22(23,24)25)29-13-5-12-21(16-29)10-3-2-4-11-21/h6-9,19H,2-5,10-16H2,1H3/t19-/m1/s1. The molecule has 1 atom stereocenters. The lowest BCUT2D eigenvalue weighted by molar-refractivity contribution is -0.137. The van der Waals surface area contributed by atoms with Gasteiger partial charge in [-0.25, -0.2) is 4.68 Å². The number of rotatable bonds is 6. The van der Waals surface area contributed by atoms with Crippen LogP contribution >= 0.6 is 0 Å². The summed E-state index contributed by atoms with van der Waals surface area (Å²) < 4.78 is 46.3. The van der Waals surface area contributed by atoms with Gasteiger partial charge in [-0.15, -0.1) is 5.10 Å². The number of tetrazole rings is 1. The number of ether oxygens (including phenoxy) is 1. The minimum atomic E-state index is -4.36. The third-order valence-electron chi connectivity index (χ3n) is 6.84. The van der Waals surface area contributed by atoms with E-state index in [4.69, 9.17) is 4.74 Å². The number of piperidine rings is 1. The monoisotopic (exact) mass is 437 g/mol. The van der Waals surface area contributed by atoms with Gasteiger partial charge < -0.3 is 4.74 Å². The largest absolute Gasteiger partial charge is 0.416 e. The lowest BCUT2D eigenvalue weighted by Gasteiger charge is -2.47. The highest BCUT2D eigenvalue weighted by molar-refractivity contribution is 5.30. The fourth-order valence-electron chi connectivity index (χ4n) is 5.30. The molecule has 0 radical (unpaired) electrons. The highest BCUT2D eigenvalue weighted by Crippen LogP contribution is 2.45. The van der Waals surface area contributed by atoms with Crippen LogP contribution in [-0.4, -0.2) is 51.9 Å². The van der Waals surface area contributed by atoms with Crippen molar-refractivity contribution in [3.63, 3.8) is 0 Å². The van der Waals surface area contributed by atoms with Crippen molar-refractivity contribution in [2.75, 3.05) is 26.8 Å². The van der Waals surface area contributed by atoms with E-state index >= 15 is 0 Å². The Kier molecular flexibility index (Phi) is 6.62. The zero-order chi connectivity index (χ0) is 21.9. The predicted octanol–water partition coefficient (Wildman–Crippen LogP) is 4.47. The smallest absolute Gasteiger partial charge is 0.383 e. The molecule has 1 aromatic heterocycles. The molecular weight excluding hydrogens is 407 g/mol. The van der Waals surface area contributed by atoms with Crippen LogP contribution in [0.1, 0.15) is 67.9 Å². The number of likely N-dealkylation sites (tertiary alicyclic amines) is 1. The van der Waals surface area contributed by atoms with E-state index in [1.54, 1.807) is 23.9 Å². The topological polar surface area (TPSA) is 56.1 Å². The van der Waals surface area contributed by atoms with Crippen LogP contribution in [0, 0.1) is 5.41 Å². The fraction of sp³-hybridized carbons (Fsp3) is 0.682. The van der Waals surface area contributed by atoms with E-state index in [0.29, 0.717) is 24.4 Å². The van der Waals surface area contributed by atoms with Crippen LogP contribution in [-0.2, 0) is 17.5 Å². The van der Waals surface area contributed by atoms with Crippen molar-refractivity contribution < 1.29 is 17.9 Å². The van der Waals surface area contributed by atoms with Crippen LogP contribution in [0.2, 0.25) is 0 Å². The summed E-state index contributed by atoms with van der Waals surface area (Å²) in [6.45, 7) is 2.76. The molecule has 0 unspecified atom stereocenters. The van der Waals surface area contributed by atoms with Gasteiger partial charge in [0.15, 0.2) is 5.82 Å². The molecule has 2 aromatic rings. The maximum Gasteiger partial charge on any atom is 0.416 e. The Morgan fingerprint density at radius 3 is 2.45 bits per heavy atom. The van der Waals surface area contributed by atoms with E-state index in [1.165, 1.54) is 38.5 Å². The first-order chi connectivity index (χ1) is 14.9. The lowest BCUT2D eigenvalue weighted by Crippen LogP contribution is -2.46. The van der Waals surface area contributed by atoms with Gasteiger partial charge in [0.2, 0.25) is 0 Å². The highest BCUT2D eigenvalue weighted by atomic mass is 19.4. The number of alkyl halides is 3. The second-order valence-corrected chi connectivity index (χ2v) is 8.91. The van der Waals surface area contributed by atoms with E-state index in [2.05, 4.69) is 20.4 Å². The average Bonchev–Trinajstić information content (AvgIpc) is 3.21. The summed E-state index contributed by atoms with van der Waals surface area (Å²) in [5.74, 6) is 0.657. The van der Waals surface area contributed by atoms with Crippen LogP contribution < -0.4 is 0 Å². The molecule has 1 aliphatic carbocycles. The normalized spacial score (nSPS) is 20.8. The van der Waals surface area contributed by atoms with Crippen molar-refractivity contribution in [1.29, 1.82) is 0 Å². The second-order valence-electron chi connectivity index (χ2n) is 8.91. The highest BCUT2D eigenvalue weighted by Gasteiger charge is 2.40. The Balaban J connectivity index is 1.68. The third-order valence-corrected chi connectivity index (χ3v) is 6.84. The Labute approximate surface area is 180 Å². The van der Waals surface area contributed by atoms with Crippen LogP contribution in [0.5, 0.6) is 0 Å². The molecule has 1 spiro atoms. The van der Waals surface area contributed by atoms with Crippen LogP contribution in [0.4, 0.5) is 13.2 Å². The summed E-state index contributed by atoms with van der Waals surface area (Å²) >= 11 is 0. The summed E-state index contributed by atoms with van der Waals surface area (Å²) in [7, 11) is 1.62. The SMILES string of the molecule is COCCn1nnnc1[C@@H](c1ccc(C(F)(F)F)cc1)N1CCCC2(CCCCC2)C1. The van der Waals surface area contributed by atoms with E-state index in [-0.39, 0.29) is 6.04 Å². The van der Waals surface area contributed by atoms with Crippen molar-refractivity contribution >= 4 is 0 Å². The average molecular weight is 438 g/mol. The molecular formula is C22H30F3N5O. The van der Waals surface area contributed by atoms with Crippen LogP contribution in [0.15, 0.2) is 24.3 Å². The molecule has 1 saturated heterocycles. The maximum atomic E-state index is 13.1. The molecule has 2 aliphatic rings. The van der Waals surface area contributed by atoms with Gasteiger partial charge in [0.25, 0.3) is 0 Å². The summed E-state index contributed by atoms with van der Waals surface area (Å²) in [5.41, 5.74) is 0.441. The molecule has 1 aliphatic heterocycles. The third kappa shape index (κ3) is 4.92. The number of nitrogens with zero attached hydrogens (tertiary/aromatic N) is 5. The predicted molar refractivity (Wildman–Crippen MR) is 109 cm³/mol. The molecule has 1 aromatic carbocycles. The fourth-order valence-corrected chi connectivity index (χ4v) is 5.30. The van der Waals surface area contributed by atoms with E-state index < -0.39 is 11.7 Å². The van der Waals surface area contributed by atoms with Gasteiger partial charge in [-0.3, -0.25) is 4.90 Å². The number of halogens is 3. The maximum absolute atomic E-state index is 13.1. The molecule has 2 heterocycles. The molecule has 0 amide bonds. The molecule has 0 bridgehead atoms. The van der Waals surface area contributed by atoms with Gasteiger partial charge in [0, 0.05) is 13.7 Å².